The highest BCUT2D eigenvalue weighted by Crippen LogP contribution is 2.27. The summed E-state index contributed by atoms with van der Waals surface area (Å²) in [4.78, 5) is 11.9. The van der Waals surface area contributed by atoms with Gasteiger partial charge in [0.15, 0.2) is 11.5 Å². The molecular weight excluding hydrogens is 360 g/mol. The SMILES string of the molecule is COc1cccc(/C=N/NC(=O)CSCc2ccc3ccccc3c2)c1O. The molecule has 2 N–H and O–H groups in total. The highest BCUT2D eigenvalue weighted by molar-refractivity contribution is 7.99. The van der Waals surface area contributed by atoms with E-state index in [0.29, 0.717) is 17.1 Å². The van der Waals surface area contributed by atoms with E-state index in [1.54, 1.807) is 18.2 Å². The molecule has 0 fully saturated rings. The molecule has 0 atom stereocenters. The van der Waals surface area contributed by atoms with Crippen molar-refractivity contribution in [2.45, 2.75) is 5.75 Å². The second-order valence-corrected chi connectivity index (χ2v) is 6.85. The van der Waals surface area contributed by atoms with Crippen LogP contribution >= 0.6 is 11.8 Å². The van der Waals surface area contributed by atoms with Gasteiger partial charge in [-0.15, -0.1) is 11.8 Å². The van der Waals surface area contributed by atoms with Gasteiger partial charge in [-0.25, -0.2) is 5.43 Å². The van der Waals surface area contributed by atoms with E-state index >= 15 is 0 Å². The summed E-state index contributed by atoms with van der Waals surface area (Å²) in [5.74, 6) is 1.20. The smallest absolute Gasteiger partial charge is 0.250 e. The van der Waals surface area contributed by atoms with Gasteiger partial charge in [-0.05, 0) is 28.5 Å². The third-order valence-corrected chi connectivity index (χ3v) is 4.96. The Bertz CT molecular complexity index is 973. The Morgan fingerprint density at radius 3 is 2.78 bits per heavy atom. The van der Waals surface area contributed by atoms with Crippen LogP contribution in [0.2, 0.25) is 0 Å². The summed E-state index contributed by atoms with van der Waals surface area (Å²) in [6.45, 7) is 0. The minimum atomic E-state index is -0.195. The van der Waals surface area contributed by atoms with Crippen LogP contribution in [0.4, 0.5) is 0 Å². The number of hydrogen-bond donors (Lipinski definition) is 2. The fraction of sp³-hybridized carbons (Fsp3) is 0.143. The first-order chi connectivity index (χ1) is 13.2. The van der Waals surface area contributed by atoms with Crippen LogP contribution in [0, 0.1) is 0 Å². The number of hydrazone groups is 1. The second-order valence-electron chi connectivity index (χ2n) is 5.87. The largest absolute Gasteiger partial charge is 0.504 e. The molecule has 0 aromatic heterocycles. The van der Waals surface area contributed by atoms with Gasteiger partial charge in [-0.1, -0.05) is 48.5 Å². The Morgan fingerprint density at radius 2 is 1.96 bits per heavy atom. The molecular formula is C21H20N2O3S. The van der Waals surface area contributed by atoms with Gasteiger partial charge in [-0.2, -0.15) is 5.10 Å². The number of aromatic hydroxyl groups is 1. The average Bonchev–Trinajstić information content (AvgIpc) is 2.69. The van der Waals surface area contributed by atoms with Crippen molar-refractivity contribution < 1.29 is 14.6 Å². The standard InChI is InChI=1S/C21H20N2O3S/c1-26-19-8-4-7-18(21(19)25)12-22-23-20(24)14-27-13-15-9-10-16-5-2-3-6-17(16)11-15/h2-12,25H,13-14H2,1H3,(H,23,24)/b22-12+. The number of nitrogens with zero attached hydrogens (tertiary/aromatic N) is 1. The minimum absolute atomic E-state index is 0.0105. The molecule has 1 amide bonds. The molecule has 5 nitrogen and oxygen atoms in total. The van der Waals surface area contributed by atoms with Crippen molar-refractivity contribution in [3.05, 3.63) is 71.8 Å². The third kappa shape index (κ3) is 5.01. The van der Waals surface area contributed by atoms with E-state index in [1.807, 2.05) is 12.1 Å². The van der Waals surface area contributed by atoms with Crippen molar-refractivity contribution in [1.82, 2.24) is 5.43 Å². The van der Waals surface area contributed by atoms with Gasteiger partial charge in [0, 0.05) is 11.3 Å². The number of benzene rings is 3. The first-order valence-electron chi connectivity index (χ1n) is 8.40. The fourth-order valence-corrected chi connectivity index (χ4v) is 3.37. The van der Waals surface area contributed by atoms with Crippen LogP contribution in [0.1, 0.15) is 11.1 Å². The Balaban J connectivity index is 1.48. The van der Waals surface area contributed by atoms with E-state index in [-0.39, 0.29) is 11.7 Å². The van der Waals surface area contributed by atoms with Gasteiger partial charge in [0.2, 0.25) is 5.91 Å². The normalized spacial score (nSPS) is 11.0. The zero-order chi connectivity index (χ0) is 19.1. The summed E-state index contributed by atoms with van der Waals surface area (Å²) in [7, 11) is 1.48. The first-order valence-corrected chi connectivity index (χ1v) is 9.56. The van der Waals surface area contributed by atoms with Crippen LogP contribution in [0.25, 0.3) is 10.8 Å². The molecule has 0 heterocycles. The molecule has 138 valence electrons. The molecule has 3 aromatic rings. The Labute approximate surface area is 162 Å². The van der Waals surface area contributed by atoms with Crippen LogP contribution in [0.15, 0.2) is 65.8 Å². The van der Waals surface area contributed by atoms with Gasteiger partial charge in [0.1, 0.15) is 0 Å². The van der Waals surface area contributed by atoms with E-state index in [9.17, 15) is 9.90 Å². The molecule has 3 rings (SSSR count). The van der Waals surface area contributed by atoms with Crippen molar-refractivity contribution >= 4 is 34.7 Å². The highest BCUT2D eigenvalue weighted by atomic mass is 32.2. The van der Waals surface area contributed by atoms with Crippen LogP contribution in [-0.4, -0.2) is 30.1 Å². The number of hydrogen-bond acceptors (Lipinski definition) is 5. The topological polar surface area (TPSA) is 70.9 Å². The van der Waals surface area contributed by atoms with Gasteiger partial charge < -0.3 is 9.84 Å². The van der Waals surface area contributed by atoms with Gasteiger partial charge in [-0.3, -0.25) is 4.79 Å². The molecule has 0 radical (unpaired) electrons. The zero-order valence-electron chi connectivity index (χ0n) is 14.9. The molecule has 27 heavy (non-hydrogen) atoms. The zero-order valence-corrected chi connectivity index (χ0v) is 15.7. The number of methoxy groups -OCH3 is 1. The van der Waals surface area contributed by atoms with Crippen molar-refractivity contribution in [1.29, 1.82) is 0 Å². The highest BCUT2D eigenvalue weighted by Gasteiger charge is 2.05. The number of phenols is 1. The summed E-state index contributed by atoms with van der Waals surface area (Å²) in [6, 6.07) is 19.6. The van der Waals surface area contributed by atoms with Gasteiger partial charge in [0.05, 0.1) is 19.1 Å². The van der Waals surface area contributed by atoms with Crippen molar-refractivity contribution in [2.24, 2.45) is 5.10 Å². The number of para-hydroxylation sites is 1. The Morgan fingerprint density at radius 1 is 1.15 bits per heavy atom. The molecule has 0 saturated heterocycles. The van der Waals surface area contributed by atoms with Crippen LogP contribution in [0.5, 0.6) is 11.5 Å². The van der Waals surface area contributed by atoms with E-state index in [0.717, 1.165) is 5.75 Å². The van der Waals surface area contributed by atoms with Gasteiger partial charge >= 0.3 is 0 Å². The third-order valence-electron chi connectivity index (χ3n) is 3.96. The van der Waals surface area contributed by atoms with Crippen molar-refractivity contribution in [3.63, 3.8) is 0 Å². The van der Waals surface area contributed by atoms with Crippen LogP contribution in [0.3, 0.4) is 0 Å². The average molecular weight is 380 g/mol. The molecule has 0 bridgehead atoms. The van der Waals surface area contributed by atoms with Crippen molar-refractivity contribution in [2.75, 3.05) is 12.9 Å². The summed E-state index contributed by atoms with van der Waals surface area (Å²) < 4.78 is 5.03. The lowest BCUT2D eigenvalue weighted by Crippen LogP contribution is -2.19. The molecule has 0 unspecified atom stereocenters. The maximum Gasteiger partial charge on any atom is 0.250 e. The van der Waals surface area contributed by atoms with Crippen molar-refractivity contribution in [3.8, 4) is 11.5 Å². The predicted molar refractivity (Wildman–Crippen MR) is 111 cm³/mol. The number of ether oxygens (including phenoxy) is 1. The number of carbonyl (C=O) groups is 1. The second kappa shape index (κ2) is 9.09. The lowest BCUT2D eigenvalue weighted by molar-refractivity contribution is -0.118. The first kappa shape index (κ1) is 18.8. The molecule has 0 aliphatic heterocycles. The molecule has 3 aromatic carbocycles. The maximum atomic E-state index is 11.9. The van der Waals surface area contributed by atoms with Crippen LogP contribution in [-0.2, 0) is 10.5 Å². The number of nitrogens with one attached hydrogen (secondary N) is 1. The number of phenolic OH excluding ortho intramolecular Hbond substituents is 1. The summed E-state index contributed by atoms with van der Waals surface area (Å²) in [6.07, 6.45) is 1.39. The summed E-state index contributed by atoms with van der Waals surface area (Å²) >= 11 is 1.52. The number of carbonyl (C=O) groups excluding carboxylic acids is 1. The fourth-order valence-electron chi connectivity index (χ4n) is 2.60. The summed E-state index contributed by atoms with van der Waals surface area (Å²) in [5.41, 5.74) is 4.12. The number of rotatable bonds is 7. The number of thioether (sulfide) groups is 1. The lowest BCUT2D eigenvalue weighted by atomic mass is 10.1. The molecule has 6 heteroatoms. The Kier molecular flexibility index (Phi) is 6.33. The van der Waals surface area contributed by atoms with Gasteiger partial charge in [0.25, 0.3) is 0 Å². The molecule has 0 spiro atoms. The van der Waals surface area contributed by atoms with Crippen LogP contribution < -0.4 is 10.2 Å². The molecule has 0 aliphatic rings. The van der Waals surface area contributed by atoms with E-state index in [2.05, 4.69) is 40.9 Å². The van der Waals surface area contributed by atoms with E-state index < -0.39 is 0 Å². The van der Waals surface area contributed by atoms with E-state index in [1.165, 1.54) is 41.4 Å². The number of fused-ring (bicyclic) bond motifs is 1. The van der Waals surface area contributed by atoms with E-state index in [4.69, 9.17) is 4.74 Å². The Hall–Kier alpha value is -2.99. The number of amides is 1. The molecule has 0 aliphatic carbocycles. The summed E-state index contributed by atoms with van der Waals surface area (Å²) in [5, 5.41) is 16.3. The monoisotopic (exact) mass is 380 g/mol. The lowest BCUT2D eigenvalue weighted by Gasteiger charge is -2.05. The maximum absolute atomic E-state index is 11.9. The molecule has 0 saturated carbocycles. The quantitative estimate of drug-likeness (QED) is 0.481. The predicted octanol–water partition coefficient (Wildman–Crippen LogP) is 3.94. The minimum Gasteiger partial charge on any atom is -0.504 e.